The topological polar surface area (TPSA) is 52.6 Å². The minimum absolute atomic E-state index is 0.205. The molecule has 0 bridgehead atoms. The van der Waals surface area contributed by atoms with E-state index in [1.807, 2.05) is 0 Å². The third-order valence-electron chi connectivity index (χ3n) is 4.47. The van der Waals surface area contributed by atoms with E-state index >= 15 is 0 Å². The molecule has 0 aromatic heterocycles. The highest BCUT2D eigenvalue weighted by Crippen LogP contribution is 2.46. The summed E-state index contributed by atoms with van der Waals surface area (Å²) < 4.78 is 0. The highest BCUT2D eigenvalue weighted by molar-refractivity contribution is 5.91. The van der Waals surface area contributed by atoms with Crippen LogP contribution in [0.25, 0.3) is 0 Å². The molecule has 2 saturated carbocycles. The lowest BCUT2D eigenvalue weighted by Crippen LogP contribution is -2.18. The first-order valence-corrected chi connectivity index (χ1v) is 7.29. The van der Waals surface area contributed by atoms with E-state index in [0.29, 0.717) is 11.5 Å². The van der Waals surface area contributed by atoms with Crippen molar-refractivity contribution < 1.29 is 19.4 Å². The summed E-state index contributed by atoms with van der Waals surface area (Å²) in [5.41, 5.74) is 2.01. The van der Waals surface area contributed by atoms with Crippen LogP contribution in [-0.4, -0.2) is 11.9 Å². The molecule has 4 nitrogen and oxygen atoms in total. The Morgan fingerprint density at radius 1 is 1.05 bits per heavy atom. The molecule has 20 heavy (non-hydrogen) atoms. The highest BCUT2D eigenvalue weighted by Gasteiger charge is 2.35. The van der Waals surface area contributed by atoms with E-state index < -0.39 is 11.9 Å². The predicted molar refractivity (Wildman–Crippen MR) is 74.4 cm³/mol. The molecule has 0 spiro atoms. The third kappa shape index (κ3) is 3.11. The predicted octanol–water partition coefficient (Wildman–Crippen LogP) is 3.48. The van der Waals surface area contributed by atoms with Crippen LogP contribution in [-0.2, 0) is 19.4 Å². The van der Waals surface area contributed by atoms with E-state index in [0.717, 1.165) is 25.2 Å². The number of rotatable bonds is 2. The molecule has 0 aromatic rings. The summed E-state index contributed by atoms with van der Waals surface area (Å²) in [6, 6.07) is 0. The molecule has 0 saturated heterocycles. The van der Waals surface area contributed by atoms with Crippen LogP contribution in [0.1, 0.15) is 52.4 Å². The maximum atomic E-state index is 11.9. The van der Waals surface area contributed by atoms with Crippen LogP contribution in [0, 0.1) is 11.8 Å². The van der Waals surface area contributed by atoms with Gasteiger partial charge in [-0.05, 0) is 51.4 Å². The van der Waals surface area contributed by atoms with Crippen LogP contribution < -0.4 is 0 Å². The van der Waals surface area contributed by atoms with Crippen LogP contribution in [0.3, 0.4) is 0 Å². The van der Waals surface area contributed by atoms with Crippen molar-refractivity contribution in [2.24, 2.45) is 11.8 Å². The van der Waals surface area contributed by atoms with E-state index in [-0.39, 0.29) is 5.57 Å². The zero-order chi connectivity index (χ0) is 14.7. The molecule has 0 radical (unpaired) electrons. The number of hydrogen-bond donors (Lipinski definition) is 0. The number of fused-ring (bicyclic) bond motifs is 1. The summed E-state index contributed by atoms with van der Waals surface area (Å²) in [6.45, 7) is 6.70. The minimum Gasteiger partial charge on any atom is -0.242 e. The summed E-state index contributed by atoms with van der Waals surface area (Å²) in [4.78, 5) is 32.2. The monoisotopic (exact) mass is 278 g/mol. The standard InChI is InChI=1S/C16H22O4/c1-10(2)15(17)19-20-16(18)11(3)13-9-8-12-6-4-5-7-14(12)13/h12,14H,1,4-9H2,2-3H3/b13-11+. The zero-order valence-electron chi connectivity index (χ0n) is 12.2. The Morgan fingerprint density at radius 2 is 1.70 bits per heavy atom. The maximum absolute atomic E-state index is 11.9. The first-order valence-electron chi connectivity index (χ1n) is 7.29. The molecule has 2 aliphatic carbocycles. The smallest absolute Gasteiger partial charge is 0.242 e. The minimum atomic E-state index is -0.710. The molecule has 110 valence electrons. The van der Waals surface area contributed by atoms with E-state index in [9.17, 15) is 9.59 Å². The Labute approximate surface area is 119 Å². The van der Waals surface area contributed by atoms with Crippen molar-refractivity contribution in [2.75, 3.05) is 0 Å². The second kappa shape index (κ2) is 6.25. The number of carbonyl (C=O) groups excluding carboxylic acids is 2. The van der Waals surface area contributed by atoms with E-state index in [1.54, 1.807) is 6.92 Å². The molecule has 0 heterocycles. The molecule has 4 heteroatoms. The largest absolute Gasteiger partial charge is 0.382 e. The summed E-state index contributed by atoms with van der Waals surface area (Å²) >= 11 is 0. The normalized spacial score (nSPS) is 27.5. The van der Waals surface area contributed by atoms with Gasteiger partial charge in [-0.3, -0.25) is 0 Å². The Bertz CT molecular complexity index is 461. The van der Waals surface area contributed by atoms with Gasteiger partial charge in [-0.2, -0.15) is 0 Å². The van der Waals surface area contributed by atoms with Crippen molar-refractivity contribution in [3.05, 3.63) is 23.3 Å². The van der Waals surface area contributed by atoms with E-state index in [4.69, 9.17) is 0 Å². The van der Waals surface area contributed by atoms with Crippen LogP contribution in [0.4, 0.5) is 0 Å². The van der Waals surface area contributed by atoms with Crippen LogP contribution >= 0.6 is 0 Å². The summed E-state index contributed by atoms with van der Waals surface area (Å²) in [6.07, 6.45) is 7.09. The summed E-state index contributed by atoms with van der Waals surface area (Å²) in [5, 5.41) is 0. The lowest BCUT2D eigenvalue weighted by atomic mass is 9.79. The van der Waals surface area contributed by atoms with Gasteiger partial charge in [0.2, 0.25) is 0 Å². The van der Waals surface area contributed by atoms with Gasteiger partial charge in [0, 0.05) is 11.1 Å². The first-order chi connectivity index (χ1) is 9.50. The second-order valence-electron chi connectivity index (χ2n) is 5.86. The van der Waals surface area contributed by atoms with Gasteiger partial charge in [0.25, 0.3) is 0 Å². The molecule has 2 atom stereocenters. The fourth-order valence-corrected chi connectivity index (χ4v) is 3.34. The van der Waals surface area contributed by atoms with Crippen LogP contribution in [0.15, 0.2) is 23.3 Å². The van der Waals surface area contributed by atoms with Crippen molar-refractivity contribution in [2.45, 2.75) is 52.4 Å². The molecule has 2 unspecified atom stereocenters. The molecule has 2 fully saturated rings. The molecule has 2 rings (SSSR count). The zero-order valence-corrected chi connectivity index (χ0v) is 12.2. The van der Waals surface area contributed by atoms with Crippen LogP contribution in [0.5, 0.6) is 0 Å². The van der Waals surface area contributed by atoms with Gasteiger partial charge < -0.3 is 0 Å². The third-order valence-corrected chi connectivity index (χ3v) is 4.47. The lowest BCUT2D eigenvalue weighted by Gasteiger charge is -2.26. The number of hydrogen-bond acceptors (Lipinski definition) is 4. The summed E-state index contributed by atoms with van der Waals surface area (Å²) in [5.74, 6) is -0.0217. The molecule has 2 aliphatic rings. The van der Waals surface area contributed by atoms with Crippen LogP contribution in [0.2, 0.25) is 0 Å². The second-order valence-corrected chi connectivity index (χ2v) is 5.86. The van der Waals surface area contributed by atoms with Crippen molar-refractivity contribution >= 4 is 11.9 Å². The van der Waals surface area contributed by atoms with E-state index in [1.165, 1.54) is 31.8 Å². The first kappa shape index (κ1) is 14.8. The lowest BCUT2D eigenvalue weighted by molar-refractivity contribution is -0.252. The Kier molecular flexibility index (Phi) is 4.63. The Hall–Kier alpha value is -1.58. The average Bonchev–Trinajstić information content (AvgIpc) is 2.87. The van der Waals surface area contributed by atoms with Crippen molar-refractivity contribution in [1.29, 1.82) is 0 Å². The fourth-order valence-electron chi connectivity index (χ4n) is 3.34. The number of carbonyl (C=O) groups is 2. The quantitative estimate of drug-likeness (QED) is 0.441. The molecule has 0 aliphatic heterocycles. The van der Waals surface area contributed by atoms with E-state index in [2.05, 4.69) is 16.4 Å². The Balaban J connectivity index is 2.00. The van der Waals surface area contributed by atoms with Gasteiger partial charge in [0.15, 0.2) is 0 Å². The van der Waals surface area contributed by atoms with Gasteiger partial charge in [-0.1, -0.05) is 25.0 Å². The van der Waals surface area contributed by atoms with Gasteiger partial charge >= 0.3 is 11.9 Å². The highest BCUT2D eigenvalue weighted by atomic mass is 17.2. The molecule has 0 amide bonds. The van der Waals surface area contributed by atoms with Gasteiger partial charge in [-0.25, -0.2) is 19.4 Å². The molecular weight excluding hydrogens is 256 g/mol. The van der Waals surface area contributed by atoms with Gasteiger partial charge in [0.05, 0.1) is 0 Å². The van der Waals surface area contributed by atoms with Crippen molar-refractivity contribution in [3.63, 3.8) is 0 Å². The SMILES string of the molecule is C=C(C)C(=O)OOC(=O)/C(C)=C1\CCC2CCCCC12. The average molecular weight is 278 g/mol. The fraction of sp³-hybridized carbons (Fsp3) is 0.625. The van der Waals surface area contributed by atoms with Gasteiger partial charge in [0.1, 0.15) is 0 Å². The maximum Gasteiger partial charge on any atom is 0.382 e. The molecular formula is C16H22O4. The summed E-state index contributed by atoms with van der Waals surface area (Å²) in [7, 11) is 0. The van der Waals surface area contributed by atoms with Gasteiger partial charge in [-0.15, -0.1) is 0 Å². The molecule has 0 aromatic carbocycles. The number of allylic oxidation sites excluding steroid dienone is 1. The Morgan fingerprint density at radius 3 is 2.40 bits per heavy atom. The van der Waals surface area contributed by atoms with Crippen molar-refractivity contribution in [1.82, 2.24) is 0 Å². The van der Waals surface area contributed by atoms with Crippen molar-refractivity contribution in [3.8, 4) is 0 Å². The molecule has 0 N–H and O–H groups in total.